The molecule has 1 heterocycles. The molecule has 0 spiro atoms. The summed E-state index contributed by atoms with van der Waals surface area (Å²) in [4.78, 5) is 4.21. The fourth-order valence-corrected chi connectivity index (χ4v) is 3.15. The van der Waals surface area contributed by atoms with Crippen molar-refractivity contribution in [3.8, 4) is 0 Å². The van der Waals surface area contributed by atoms with Crippen LogP contribution in [0.3, 0.4) is 0 Å². The van der Waals surface area contributed by atoms with Crippen LogP contribution in [0.2, 0.25) is 0 Å². The van der Waals surface area contributed by atoms with Crippen molar-refractivity contribution in [3.63, 3.8) is 0 Å². The van der Waals surface area contributed by atoms with Crippen LogP contribution in [-0.2, 0) is 10.0 Å². The molecule has 2 N–H and O–H groups in total. The number of rotatable bonds is 8. The van der Waals surface area contributed by atoms with Gasteiger partial charge >= 0.3 is 0 Å². The molecule has 0 amide bonds. The van der Waals surface area contributed by atoms with Crippen LogP contribution in [0, 0.1) is 0 Å². The quantitative estimate of drug-likeness (QED) is 0.742. The van der Waals surface area contributed by atoms with Gasteiger partial charge in [0.25, 0.3) is 0 Å². The third-order valence-corrected chi connectivity index (χ3v) is 4.44. The molecule has 7 heteroatoms. The van der Waals surface area contributed by atoms with Gasteiger partial charge in [-0.3, -0.25) is 0 Å². The number of anilines is 1. The van der Waals surface area contributed by atoms with E-state index in [2.05, 4.69) is 10.3 Å². The van der Waals surface area contributed by atoms with Crippen LogP contribution >= 0.6 is 0 Å². The zero-order valence-corrected chi connectivity index (χ0v) is 12.2. The minimum Gasteiger partial charge on any atom is -0.395 e. The third kappa shape index (κ3) is 4.15. The number of nitrogens with one attached hydrogen (secondary N) is 1. The van der Waals surface area contributed by atoms with Crippen molar-refractivity contribution in [1.29, 1.82) is 0 Å². The molecule has 0 fully saturated rings. The summed E-state index contributed by atoms with van der Waals surface area (Å²) >= 11 is 0. The summed E-state index contributed by atoms with van der Waals surface area (Å²) in [6, 6.07) is 3.17. The average molecular weight is 287 g/mol. The SMILES string of the molecule is CCCN(CCO)S(=O)(=O)c1ccc(NCC)nc1. The second-order valence-corrected chi connectivity index (χ2v) is 5.98. The molecule has 19 heavy (non-hydrogen) atoms. The Morgan fingerprint density at radius 1 is 1.32 bits per heavy atom. The maximum absolute atomic E-state index is 12.3. The summed E-state index contributed by atoms with van der Waals surface area (Å²) in [5, 5.41) is 12.0. The fourth-order valence-electron chi connectivity index (χ4n) is 1.68. The van der Waals surface area contributed by atoms with E-state index < -0.39 is 10.0 Å². The van der Waals surface area contributed by atoms with Gasteiger partial charge in [0.2, 0.25) is 10.0 Å². The molecule has 0 aliphatic rings. The Labute approximate surface area is 114 Å². The van der Waals surface area contributed by atoms with E-state index in [0.717, 1.165) is 6.54 Å². The number of nitrogens with zero attached hydrogens (tertiary/aromatic N) is 2. The Kier molecular flexibility index (Phi) is 6.20. The molecule has 1 aromatic heterocycles. The van der Waals surface area contributed by atoms with Crippen LogP contribution in [-0.4, -0.2) is 49.1 Å². The van der Waals surface area contributed by atoms with Gasteiger partial charge in [-0.2, -0.15) is 4.31 Å². The van der Waals surface area contributed by atoms with Crippen LogP contribution in [0.1, 0.15) is 20.3 Å². The first-order valence-electron chi connectivity index (χ1n) is 6.37. The molecule has 0 radical (unpaired) electrons. The molecule has 6 nitrogen and oxygen atoms in total. The van der Waals surface area contributed by atoms with E-state index in [1.165, 1.54) is 16.6 Å². The van der Waals surface area contributed by atoms with Gasteiger partial charge in [0, 0.05) is 25.8 Å². The molecule has 1 aromatic rings. The first-order chi connectivity index (χ1) is 9.06. The van der Waals surface area contributed by atoms with Crippen molar-refractivity contribution in [1.82, 2.24) is 9.29 Å². The van der Waals surface area contributed by atoms with Crippen molar-refractivity contribution in [2.24, 2.45) is 0 Å². The second kappa shape index (κ2) is 7.42. The van der Waals surface area contributed by atoms with E-state index in [9.17, 15) is 8.42 Å². The molecule has 108 valence electrons. The lowest BCUT2D eigenvalue weighted by molar-refractivity contribution is 0.253. The number of aliphatic hydroxyl groups is 1. The second-order valence-electron chi connectivity index (χ2n) is 4.04. The molecule has 0 aliphatic carbocycles. The normalized spacial score (nSPS) is 11.8. The molecule has 0 saturated carbocycles. The number of hydrogen-bond donors (Lipinski definition) is 2. The predicted molar refractivity (Wildman–Crippen MR) is 74.5 cm³/mol. The van der Waals surface area contributed by atoms with Crippen LogP contribution < -0.4 is 5.32 Å². The van der Waals surface area contributed by atoms with Gasteiger partial charge in [0.15, 0.2) is 0 Å². The lowest BCUT2D eigenvalue weighted by Gasteiger charge is -2.20. The molecule has 0 aliphatic heterocycles. The standard InChI is InChI=1S/C12H21N3O3S/c1-3-7-15(8-9-16)19(17,18)11-5-6-12(13-4-2)14-10-11/h5-6,10,16H,3-4,7-9H2,1-2H3,(H,13,14). The molecular weight excluding hydrogens is 266 g/mol. The topological polar surface area (TPSA) is 82.5 Å². The zero-order valence-electron chi connectivity index (χ0n) is 11.3. The first-order valence-corrected chi connectivity index (χ1v) is 7.81. The van der Waals surface area contributed by atoms with E-state index in [-0.39, 0.29) is 18.0 Å². The van der Waals surface area contributed by atoms with Gasteiger partial charge in [0.1, 0.15) is 10.7 Å². The Bertz CT molecular complexity index is 467. The highest BCUT2D eigenvalue weighted by Gasteiger charge is 2.23. The number of sulfonamides is 1. The lowest BCUT2D eigenvalue weighted by Crippen LogP contribution is -2.34. The van der Waals surface area contributed by atoms with Gasteiger partial charge in [-0.15, -0.1) is 0 Å². The van der Waals surface area contributed by atoms with Crippen molar-refractivity contribution >= 4 is 15.8 Å². The van der Waals surface area contributed by atoms with Crippen molar-refractivity contribution in [3.05, 3.63) is 18.3 Å². The minimum atomic E-state index is -3.57. The average Bonchev–Trinajstić information content (AvgIpc) is 2.39. The van der Waals surface area contributed by atoms with Gasteiger partial charge in [-0.1, -0.05) is 6.92 Å². The van der Waals surface area contributed by atoms with Crippen molar-refractivity contribution in [2.75, 3.05) is 31.6 Å². The molecule has 0 saturated heterocycles. The zero-order chi connectivity index (χ0) is 14.3. The van der Waals surface area contributed by atoms with E-state index >= 15 is 0 Å². The number of hydrogen-bond acceptors (Lipinski definition) is 5. The highest BCUT2D eigenvalue weighted by atomic mass is 32.2. The highest BCUT2D eigenvalue weighted by molar-refractivity contribution is 7.89. The largest absolute Gasteiger partial charge is 0.395 e. The smallest absolute Gasteiger partial charge is 0.244 e. The lowest BCUT2D eigenvalue weighted by atomic mass is 10.4. The van der Waals surface area contributed by atoms with Crippen LogP contribution in [0.5, 0.6) is 0 Å². The number of aliphatic hydroxyl groups excluding tert-OH is 1. The maximum Gasteiger partial charge on any atom is 0.244 e. The van der Waals surface area contributed by atoms with Crippen LogP contribution in [0.15, 0.2) is 23.2 Å². The Hall–Kier alpha value is -1.18. The molecule has 0 aromatic carbocycles. The Morgan fingerprint density at radius 2 is 2.05 bits per heavy atom. The summed E-state index contributed by atoms with van der Waals surface area (Å²) in [6.45, 7) is 4.86. The fraction of sp³-hybridized carbons (Fsp3) is 0.583. The maximum atomic E-state index is 12.3. The van der Waals surface area contributed by atoms with Crippen molar-refractivity contribution < 1.29 is 13.5 Å². The van der Waals surface area contributed by atoms with Gasteiger partial charge in [0.05, 0.1) is 6.61 Å². The van der Waals surface area contributed by atoms with Crippen LogP contribution in [0.4, 0.5) is 5.82 Å². The Morgan fingerprint density at radius 3 is 2.53 bits per heavy atom. The monoisotopic (exact) mass is 287 g/mol. The van der Waals surface area contributed by atoms with Gasteiger partial charge < -0.3 is 10.4 Å². The van der Waals surface area contributed by atoms with E-state index in [1.807, 2.05) is 13.8 Å². The first kappa shape index (κ1) is 15.9. The van der Waals surface area contributed by atoms with Crippen LogP contribution in [0.25, 0.3) is 0 Å². The van der Waals surface area contributed by atoms with Crippen molar-refractivity contribution in [2.45, 2.75) is 25.2 Å². The molecule has 0 unspecified atom stereocenters. The highest BCUT2D eigenvalue weighted by Crippen LogP contribution is 2.16. The summed E-state index contributed by atoms with van der Waals surface area (Å²) in [7, 11) is -3.57. The Balaban J connectivity index is 2.96. The minimum absolute atomic E-state index is 0.102. The summed E-state index contributed by atoms with van der Waals surface area (Å²) in [5.41, 5.74) is 0. The third-order valence-electron chi connectivity index (χ3n) is 2.55. The summed E-state index contributed by atoms with van der Waals surface area (Å²) in [6.07, 6.45) is 2.04. The summed E-state index contributed by atoms with van der Waals surface area (Å²) in [5.74, 6) is 0.644. The van der Waals surface area contributed by atoms with E-state index in [1.54, 1.807) is 6.07 Å². The molecule has 0 atom stereocenters. The van der Waals surface area contributed by atoms with E-state index in [4.69, 9.17) is 5.11 Å². The number of aromatic nitrogens is 1. The van der Waals surface area contributed by atoms with E-state index in [0.29, 0.717) is 18.8 Å². The number of pyridine rings is 1. The molecular formula is C12H21N3O3S. The predicted octanol–water partition coefficient (Wildman–Crippen LogP) is 0.906. The molecule has 1 rings (SSSR count). The molecule has 0 bridgehead atoms. The van der Waals surface area contributed by atoms with Gasteiger partial charge in [-0.05, 0) is 25.5 Å². The van der Waals surface area contributed by atoms with Gasteiger partial charge in [-0.25, -0.2) is 13.4 Å². The summed E-state index contributed by atoms with van der Waals surface area (Å²) < 4.78 is 25.9.